The van der Waals surface area contributed by atoms with Crippen LogP contribution in [0.15, 0.2) is 36.4 Å². The van der Waals surface area contributed by atoms with Crippen LogP contribution in [-0.2, 0) is 6.61 Å². The number of carboxylic acids is 1. The van der Waals surface area contributed by atoms with Gasteiger partial charge in [-0.1, -0.05) is 6.07 Å². The van der Waals surface area contributed by atoms with E-state index in [0.717, 1.165) is 6.07 Å². The zero-order chi connectivity index (χ0) is 14.5. The number of ether oxygens (including phenoxy) is 2. The molecule has 2 rings (SSSR count). The number of aromatic nitrogens is 1. The van der Waals surface area contributed by atoms with Crippen molar-refractivity contribution in [2.45, 2.75) is 6.61 Å². The highest BCUT2D eigenvalue weighted by Crippen LogP contribution is 2.19. The van der Waals surface area contributed by atoms with Gasteiger partial charge in [0.25, 0.3) is 0 Å². The van der Waals surface area contributed by atoms with Crippen molar-refractivity contribution in [1.29, 1.82) is 0 Å². The molecule has 0 fully saturated rings. The average Bonchev–Trinajstić information content (AvgIpc) is 2.46. The van der Waals surface area contributed by atoms with Gasteiger partial charge in [0.05, 0.1) is 18.4 Å². The molecule has 5 nitrogen and oxygen atoms in total. The third-order valence-electron chi connectivity index (χ3n) is 2.54. The monoisotopic (exact) mass is 277 g/mol. The summed E-state index contributed by atoms with van der Waals surface area (Å²) in [5, 5.41) is 8.73. The highest BCUT2D eigenvalue weighted by molar-refractivity contribution is 5.87. The lowest BCUT2D eigenvalue weighted by atomic mass is 10.2. The van der Waals surface area contributed by atoms with Gasteiger partial charge in [0, 0.05) is 6.07 Å². The lowest BCUT2D eigenvalue weighted by Crippen LogP contribution is -2.02. The molecule has 1 aromatic carbocycles. The largest absolute Gasteiger partial charge is 0.484 e. The molecule has 104 valence electrons. The molecule has 1 heterocycles. The number of carboxylic acid groups (broad SMARTS) is 1. The maximum Gasteiger partial charge on any atom is 0.335 e. The first-order valence-corrected chi connectivity index (χ1v) is 5.75. The number of methoxy groups -OCH3 is 1. The Morgan fingerprint density at radius 3 is 2.80 bits per heavy atom. The molecule has 0 unspecified atom stereocenters. The second-order valence-corrected chi connectivity index (χ2v) is 3.91. The van der Waals surface area contributed by atoms with Crippen LogP contribution in [0.4, 0.5) is 4.39 Å². The fraction of sp³-hybridized carbons (Fsp3) is 0.143. The highest BCUT2D eigenvalue weighted by atomic mass is 19.1. The Bertz CT molecular complexity index is 630. The standard InChI is InChI=1S/C14H12FNO4/c1-19-13-4-2-3-10(16-13)8-20-12-6-5-9(14(17)18)7-11(12)15/h2-7H,8H2,1H3,(H,17,18). The quantitative estimate of drug-likeness (QED) is 0.909. The van der Waals surface area contributed by atoms with Gasteiger partial charge in [-0.2, -0.15) is 0 Å². The van der Waals surface area contributed by atoms with Crippen LogP contribution >= 0.6 is 0 Å². The van der Waals surface area contributed by atoms with Gasteiger partial charge >= 0.3 is 5.97 Å². The van der Waals surface area contributed by atoms with Crippen LogP contribution in [0.5, 0.6) is 11.6 Å². The van der Waals surface area contributed by atoms with Gasteiger partial charge in [0.1, 0.15) is 6.61 Å². The number of carbonyl (C=O) groups is 1. The van der Waals surface area contributed by atoms with E-state index in [1.165, 1.54) is 19.2 Å². The second-order valence-electron chi connectivity index (χ2n) is 3.91. The first kappa shape index (κ1) is 13.8. The third-order valence-corrected chi connectivity index (χ3v) is 2.54. The van der Waals surface area contributed by atoms with Crippen molar-refractivity contribution < 1.29 is 23.8 Å². The molecule has 2 aromatic rings. The molecule has 0 amide bonds. The number of rotatable bonds is 5. The van der Waals surface area contributed by atoms with Crippen LogP contribution in [0.3, 0.4) is 0 Å². The number of hydrogen-bond donors (Lipinski definition) is 1. The van der Waals surface area contributed by atoms with E-state index in [2.05, 4.69) is 4.98 Å². The lowest BCUT2D eigenvalue weighted by Gasteiger charge is -2.08. The molecule has 1 aromatic heterocycles. The minimum atomic E-state index is -1.19. The van der Waals surface area contributed by atoms with E-state index in [-0.39, 0.29) is 17.9 Å². The molecule has 1 N–H and O–H groups in total. The fourth-order valence-electron chi connectivity index (χ4n) is 1.55. The first-order chi connectivity index (χ1) is 9.60. The zero-order valence-electron chi connectivity index (χ0n) is 10.7. The molecule has 6 heteroatoms. The van der Waals surface area contributed by atoms with E-state index in [1.54, 1.807) is 18.2 Å². The molecule has 0 aliphatic rings. The minimum Gasteiger partial charge on any atom is -0.484 e. The highest BCUT2D eigenvalue weighted by Gasteiger charge is 2.09. The van der Waals surface area contributed by atoms with Crippen molar-refractivity contribution in [2.75, 3.05) is 7.11 Å². The topological polar surface area (TPSA) is 68.7 Å². The van der Waals surface area contributed by atoms with Crippen LogP contribution < -0.4 is 9.47 Å². The molecular weight excluding hydrogens is 265 g/mol. The Morgan fingerprint density at radius 2 is 2.15 bits per heavy atom. The number of aromatic carboxylic acids is 1. The van der Waals surface area contributed by atoms with Gasteiger partial charge in [-0.15, -0.1) is 0 Å². The number of hydrogen-bond acceptors (Lipinski definition) is 4. The summed E-state index contributed by atoms with van der Waals surface area (Å²) in [6.45, 7) is 0.0561. The normalized spacial score (nSPS) is 10.1. The van der Waals surface area contributed by atoms with Gasteiger partial charge in [0.15, 0.2) is 11.6 Å². The first-order valence-electron chi connectivity index (χ1n) is 5.75. The molecule has 0 spiro atoms. The van der Waals surface area contributed by atoms with Gasteiger partial charge in [-0.05, 0) is 24.3 Å². The van der Waals surface area contributed by atoms with E-state index >= 15 is 0 Å². The van der Waals surface area contributed by atoms with Crippen LogP contribution in [-0.4, -0.2) is 23.2 Å². The van der Waals surface area contributed by atoms with Gasteiger partial charge in [0.2, 0.25) is 5.88 Å². The second kappa shape index (κ2) is 6.01. The van der Waals surface area contributed by atoms with Crippen molar-refractivity contribution in [3.05, 3.63) is 53.5 Å². The van der Waals surface area contributed by atoms with E-state index in [0.29, 0.717) is 11.6 Å². The summed E-state index contributed by atoms with van der Waals surface area (Å²) in [4.78, 5) is 14.8. The van der Waals surface area contributed by atoms with E-state index < -0.39 is 11.8 Å². The summed E-state index contributed by atoms with van der Waals surface area (Å²) in [6, 6.07) is 8.61. The molecule has 0 atom stereocenters. The van der Waals surface area contributed by atoms with E-state index in [4.69, 9.17) is 14.6 Å². The molecular formula is C14H12FNO4. The summed E-state index contributed by atoms with van der Waals surface area (Å²) >= 11 is 0. The minimum absolute atomic E-state index is 0.0281. The van der Waals surface area contributed by atoms with Gasteiger partial charge in [-0.25, -0.2) is 14.2 Å². The predicted molar refractivity (Wildman–Crippen MR) is 68.5 cm³/mol. The zero-order valence-corrected chi connectivity index (χ0v) is 10.7. The maximum atomic E-state index is 13.6. The van der Waals surface area contributed by atoms with Crippen molar-refractivity contribution in [2.24, 2.45) is 0 Å². The number of benzene rings is 1. The van der Waals surface area contributed by atoms with E-state index in [1.807, 2.05) is 0 Å². The Hall–Kier alpha value is -2.63. The summed E-state index contributed by atoms with van der Waals surface area (Å²) < 4.78 is 23.9. The molecule has 0 bridgehead atoms. The lowest BCUT2D eigenvalue weighted by molar-refractivity contribution is 0.0696. The molecule has 0 radical (unpaired) electrons. The van der Waals surface area contributed by atoms with Gasteiger partial charge < -0.3 is 14.6 Å². The van der Waals surface area contributed by atoms with Crippen LogP contribution in [0.2, 0.25) is 0 Å². The molecule has 0 aliphatic carbocycles. The molecule has 0 saturated carbocycles. The van der Waals surface area contributed by atoms with Crippen LogP contribution in [0.1, 0.15) is 16.1 Å². The summed E-state index contributed by atoms with van der Waals surface area (Å²) in [5.74, 6) is -1.51. The Kier molecular flexibility index (Phi) is 4.14. The summed E-state index contributed by atoms with van der Waals surface area (Å²) in [6.07, 6.45) is 0. The van der Waals surface area contributed by atoms with Crippen molar-refractivity contribution in [3.63, 3.8) is 0 Å². The molecule has 0 aliphatic heterocycles. The Morgan fingerprint density at radius 1 is 1.35 bits per heavy atom. The van der Waals surface area contributed by atoms with Crippen LogP contribution in [0.25, 0.3) is 0 Å². The Balaban J connectivity index is 2.08. The van der Waals surface area contributed by atoms with Crippen molar-refractivity contribution >= 4 is 5.97 Å². The number of halogens is 1. The van der Waals surface area contributed by atoms with Crippen molar-refractivity contribution in [1.82, 2.24) is 4.98 Å². The van der Waals surface area contributed by atoms with E-state index in [9.17, 15) is 9.18 Å². The van der Waals surface area contributed by atoms with Gasteiger partial charge in [-0.3, -0.25) is 0 Å². The maximum absolute atomic E-state index is 13.6. The third kappa shape index (κ3) is 3.23. The smallest absolute Gasteiger partial charge is 0.335 e. The number of pyridine rings is 1. The van der Waals surface area contributed by atoms with Crippen LogP contribution in [0, 0.1) is 5.82 Å². The molecule has 20 heavy (non-hydrogen) atoms. The molecule has 0 saturated heterocycles. The summed E-state index contributed by atoms with van der Waals surface area (Å²) in [7, 11) is 1.50. The fourth-order valence-corrected chi connectivity index (χ4v) is 1.55. The Labute approximate surface area is 114 Å². The summed E-state index contributed by atoms with van der Waals surface area (Å²) in [5.41, 5.74) is 0.445. The SMILES string of the molecule is COc1cccc(COc2ccc(C(=O)O)cc2F)n1. The predicted octanol–water partition coefficient (Wildman–Crippen LogP) is 2.51. The number of nitrogens with zero attached hydrogens (tertiary/aromatic N) is 1. The average molecular weight is 277 g/mol. The van der Waals surface area contributed by atoms with Crippen molar-refractivity contribution in [3.8, 4) is 11.6 Å².